The predicted octanol–water partition coefficient (Wildman–Crippen LogP) is 2.08. The molecule has 6 nitrogen and oxygen atoms in total. The monoisotopic (exact) mass is 419 g/mol. The first-order valence-corrected chi connectivity index (χ1v) is 9.67. The molecule has 1 unspecified atom stereocenters. The van der Waals surface area contributed by atoms with Crippen LogP contribution in [-0.4, -0.2) is 49.2 Å². The van der Waals surface area contributed by atoms with E-state index in [1.165, 1.54) is 5.01 Å². The van der Waals surface area contributed by atoms with E-state index >= 15 is 0 Å². The third-order valence-corrected chi connectivity index (χ3v) is 5.05. The Morgan fingerprint density at radius 1 is 1.11 bits per heavy atom. The molecule has 8 heteroatoms. The number of likely N-dealkylation sites (N-methyl/N-ethyl adjacent to an activating group) is 1. The molecule has 2 aromatic carbocycles. The maximum atomic E-state index is 12.5. The Bertz CT molecular complexity index is 902. The zero-order chi connectivity index (χ0) is 20.1. The summed E-state index contributed by atoms with van der Waals surface area (Å²) in [5, 5.41) is 9.48. The number of hydrogen-bond acceptors (Lipinski definition) is 3. The van der Waals surface area contributed by atoms with Gasteiger partial charge >= 0.3 is 0 Å². The molecule has 0 fully saturated rings. The van der Waals surface area contributed by atoms with Gasteiger partial charge in [0.15, 0.2) is 13.1 Å². The van der Waals surface area contributed by atoms with Crippen LogP contribution in [0.5, 0.6) is 0 Å². The van der Waals surface area contributed by atoms with Gasteiger partial charge in [0.2, 0.25) is 0 Å². The number of anilines is 1. The lowest BCUT2D eigenvalue weighted by Gasteiger charge is -2.16. The van der Waals surface area contributed by atoms with Crippen LogP contribution in [0.2, 0.25) is 10.0 Å². The van der Waals surface area contributed by atoms with Crippen molar-refractivity contribution in [2.45, 2.75) is 6.42 Å². The van der Waals surface area contributed by atoms with Crippen LogP contribution in [-0.2, 0) is 9.59 Å². The van der Waals surface area contributed by atoms with Crippen molar-refractivity contribution in [2.75, 3.05) is 32.0 Å². The number of halogens is 2. The maximum absolute atomic E-state index is 12.5. The highest BCUT2D eigenvalue weighted by Gasteiger charge is 2.24. The number of rotatable bonds is 6. The second-order valence-electron chi connectivity index (χ2n) is 6.67. The molecule has 146 valence electrons. The van der Waals surface area contributed by atoms with Gasteiger partial charge in [-0.1, -0.05) is 53.5 Å². The van der Waals surface area contributed by atoms with Crippen molar-refractivity contribution in [3.8, 4) is 0 Å². The minimum absolute atomic E-state index is 0.106. The molecule has 2 amide bonds. The molecule has 0 saturated carbocycles. The van der Waals surface area contributed by atoms with Gasteiger partial charge in [0.25, 0.3) is 11.8 Å². The highest BCUT2D eigenvalue weighted by molar-refractivity contribution is 6.42. The Morgan fingerprint density at radius 3 is 2.57 bits per heavy atom. The normalized spacial score (nSPS) is 14.5. The summed E-state index contributed by atoms with van der Waals surface area (Å²) in [7, 11) is 1.80. The highest BCUT2D eigenvalue weighted by Crippen LogP contribution is 2.24. The number of carbonyl (C=O) groups excluding carboxylic acids is 2. The van der Waals surface area contributed by atoms with Crippen molar-refractivity contribution in [1.82, 2.24) is 5.01 Å². The second kappa shape index (κ2) is 9.19. The highest BCUT2D eigenvalue weighted by atomic mass is 35.5. The topological polar surface area (TPSA) is 66.2 Å². The molecule has 0 spiro atoms. The average molecular weight is 420 g/mol. The molecule has 1 atom stereocenters. The zero-order valence-electron chi connectivity index (χ0n) is 15.4. The lowest BCUT2D eigenvalue weighted by molar-refractivity contribution is -0.862. The lowest BCUT2D eigenvalue weighted by atomic mass is 10.1. The first-order valence-electron chi connectivity index (χ1n) is 8.92. The van der Waals surface area contributed by atoms with E-state index in [2.05, 4.69) is 10.4 Å². The molecule has 3 rings (SSSR count). The van der Waals surface area contributed by atoms with Gasteiger partial charge in [0, 0.05) is 12.1 Å². The van der Waals surface area contributed by atoms with Crippen LogP contribution >= 0.6 is 23.2 Å². The second-order valence-corrected chi connectivity index (χ2v) is 7.48. The molecule has 2 N–H and O–H groups in total. The summed E-state index contributed by atoms with van der Waals surface area (Å²) in [6.07, 6.45) is 0.729. The summed E-state index contributed by atoms with van der Waals surface area (Å²) < 4.78 is 0. The molecule has 28 heavy (non-hydrogen) atoms. The number of carbonyl (C=O) groups is 2. The number of quaternary nitrogens is 1. The van der Waals surface area contributed by atoms with Gasteiger partial charge < -0.3 is 10.2 Å². The molecule has 0 radical (unpaired) electrons. The van der Waals surface area contributed by atoms with Crippen molar-refractivity contribution >= 4 is 46.4 Å². The summed E-state index contributed by atoms with van der Waals surface area (Å²) >= 11 is 11.8. The Labute approximate surface area is 173 Å². The number of hydrazone groups is 1. The van der Waals surface area contributed by atoms with Crippen molar-refractivity contribution in [2.24, 2.45) is 5.10 Å². The molecule has 1 aliphatic rings. The third-order valence-electron chi connectivity index (χ3n) is 4.32. The molecular formula is C20H21Cl2N4O2+. The summed E-state index contributed by atoms with van der Waals surface area (Å²) in [4.78, 5) is 25.5. The molecule has 0 bridgehead atoms. The smallest absolute Gasteiger partial charge is 0.297 e. The molecule has 0 aromatic heterocycles. The fraction of sp³-hybridized carbons (Fsp3) is 0.250. The Morgan fingerprint density at radius 2 is 1.86 bits per heavy atom. The van der Waals surface area contributed by atoms with Crippen molar-refractivity contribution in [3.63, 3.8) is 0 Å². The number of nitrogens with zero attached hydrogens (tertiary/aromatic N) is 2. The van der Waals surface area contributed by atoms with Crippen LogP contribution < -0.4 is 10.2 Å². The standard InChI is InChI=1S/C20H20Cl2N4O2/c1-25(12-19(27)23-15-7-8-16(21)17(22)11-15)13-20(28)26-10-9-18(24-26)14-5-3-2-4-6-14/h2-8,11H,9-10,12-13H2,1H3,(H,23,27)/p+1. The van der Waals surface area contributed by atoms with E-state index in [0.717, 1.165) is 22.6 Å². The predicted molar refractivity (Wildman–Crippen MR) is 111 cm³/mol. The molecule has 2 aromatic rings. The number of hydrogen-bond donors (Lipinski definition) is 2. The largest absolute Gasteiger partial charge is 0.322 e. The van der Waals surface area contributed by atoms with Gasteiger partial charge in [-0.2, -0.15) is 5.10 Å². The van der Waals surface area contributed by atoms with Crippen LogP contribution in [0.25, 0.3) is 0 Å². The minimum atomic E-state index is -0.210. The van der Waals surface area contributed by atoms with Gasteiger partial charge in [-0.3, -0.25) is 9.59 Å². The summed E-state index contributed by atoms with van der Waals surface area (Å²) in [5.41, 5.74) is 2.50. The maximum Gasteiger partial charge on any atom is 0.297 e. The lowest BCUT2D eigenvalue weighted by Crippen LogP contribution is -3.11. The van der Waals surface area contributed by atoms with Crippen molar-refractivity contribution in [3.05, 3.63) is 64.1 Å². The number of amides is 2. The Kier molecular flexibility index (Phi) is 6.67. The molecule has 0 saturated heterocycles. The van der Waals surface area contributed by atoms with E-state index in [9.17, 15) is 9.59 Å². The molecule has 0 aliphatic carbocycles. The number of nitrogens with one attached hydrogen (secondary N) is 2. The molecule has 1 aliphatic heterocycles. The van der Waals surface area contributed by atoms with Gasteiger partial charge in [-0.15, -0.1) is 0 Å². The van der Waals surface area contributed by atoms with E-state index < -0.39 is 0 Å². The third kappa shape index (κ3) is 5.32. The first-order chi connectivity index (χ1) is 13.4. The Hall–Kier alpha value is -2.41. The van der Waals surface area contributed by atoms with Crippen LogP contribution in [0.3, 0.4) is 0 Å². The van der Waals surface area contributed by atoms with E-state index in [1.54, 1.807) is 25.2 Å². The summed E-state index contributed by atoms with van der Waals surface area (Å²) in [5.74, 6) is -0.315. The van der Waals surface area contributed by atoms with Crippen LogP contribution in [0.1, 0.15) is 12.0 Å². The Balaban J connectivity index is 1.51. The fourth-order valence-electron chi connectivity index (χ4n) is 2.94. The zero-order valence-corrected chi connectivity index (χ0v) is 16.9. The van der Waals surface area contributed by atoms with Crippen LogP contribution in [0.4, 0.5) is 5.69 Å². The van der Waals surface area contributed by atoms with E-state index in [4.69, 9.17) is 23.2 Å². The molecular weight excluding hydrogens is 399 g/mol. The summed E-state index contributed by atoms with van der Waals surface area (Å²) in [6.45, 7) is 0.890. The van der Waals surface area contributed by atoms with Crippen molar-refractivity contribution in [1.29, 1.82) is 0 Å². The van der Waals surface area contributed by atoms with Gasteiger partial charge in [-0.25, -0.2) is 5.01 Å². The van der Waals surface area contributed by atoms with Gasteiger partial charge in [0.1, 0.15) is 0 Å². The van der Waals surface area contributed by atoms with E-state index in [1.807, 2.05) is 30.3 Å². The number of benzene rings is 2. The van der Waals surface area contributed by atoms with Gasteiger partial charge in [0.05, 0.1) is 29.3 Å². The van der Waals surface area contributed by atoms with Crippen LogP contribution in [0.15, 0.2) is 53.6 Å². The first kappa shape index (κ1) is 20.3. The molecule has 1 heterocycles. The SMILES string of the molecule is C[NH+](CC(=O)Nc1ccc(Cl)c(Cl)c1)CC(=O)N1CCC(c2ccccc2)=N1. The van der Waals surface area contributed by atoms with Crippen molar-refractivity contribution < 1.29 is 14.5 Å². The van der Waals surface area contributed by atoms with Gasteiger partial charge in [-0.05, 0) is 23.8 Å². The van der Waals surface area contributed by atoms with E-state index in [0.29, 0.717) is 22.3 Å². The quantitative estimate of drug-likeness (QED) is 0.752. The minimum Gasteiger partial charge on any atom is -0.322 e. The average Bonchev–Trinajstić information content (AvgIpc) is 3.15. The fourth-order valence-corrected chi connectivity index (χ4v) is 3.23. The van der Waals surface area contributed by atoms with Crippen LogP contribution in [0, 0.1) is 0 Å². The van der Waals surface area contributed by atoms with E-state index in [-0.39, 0.29) is 24.9 Å². The summed E-state index contributed by atoms with van der Waals surface area (Å²) in [6, 6.07) is 14.7.